The second-order valence-electron chi connectivity index (χ2n) is 6.13. The predicted octanol–water partition coefficient (Wildman–Crippen LogP) is 2.24. The van der Waals surface area contributed by atoms with Gasteiger partial charge >= 0.3 is 0 Å². The Hall–Kier alpha value is -1.92. The highest BCUT2D eigenvalue weighted by Gasteiger charge is 2.28. The zero-order valence-corrected chi connectivity index (χ0v) is 13.2. The van der Waals surface area contributed by atoms with Gasteiger partial charge in [-0.05, 0) is 31.5 Å². The molecule has 1 atom stereocenters. The van der Waals surface area contributed by atoms with Gasteiger partial charge in [0.15, 0.2) is 0 Å². The van der Waals surface area contributed by atoms with Crippen LogP contribution in [-0.4, -0.2) is 47.7 Å². The maximum absolute atomic E-state index is 5.59. The molecule has 6 heteroatoms. The van der Waals surface area contributed by atoms with Crippen molar-refractivity contribution in [1.82, 2.24) is 14.9 Å². The van der Waals surface area contributed by atoms with Gasteiger partial charge in [0.05, 0.1) is 25.5 Å². The maximum Gasteiger partial charge on any atom is 0.225 e. The van der Waals surface area contributed by atoms with E-state index >= 15 is 0 Å². The number of morpholine rings is 1. The topological polar surface area (TPSA) is 54.6 Å². The molecule has 2 fully saturated rings. The molecule has 2 saturated heterocycles. The number of hydrogen-bond donors (Lipinski definition) is 0. The third kappa shape index (κ3) is 3.23. The molecule has 0 aromatic carbocycles. The molecule has 4 heterocycles. The Balaban J connectivity index is 1.42. The second-order valence-corrected chi connectivity index (χ2v) is 6.13. The van der Waals surface area contributed by atoms with Crippen molar-refractivity contribution in [2.45, 2.75) is 25.4 Å². The number of aromatic nitrogens is 2. The molecule has 0 amide bonds. The van der Waals surface area contributed by atoms with Crippen LogP contribution in [0.15, 0.2) is 35.2 Å². The van der Waals surface area contributed by atoms with Gasteiger partial charge in [-0.2, -0.15) is 0 Å². The van der Waals surface area contributed by atoms with Gasteiger partial charge in [0.1, 0.15) is 5.76 Å². The Labute approximate surface area is 136 Å². The van der Waals surface area contributed by atoms with Crippen molar-refractivity contribution in [3.05, 3.63) is 42.1 Å². The summed E-state index contributed by atoms with van der Waals surface area (Å²) in [7, 11) is 0. The molecule has 0 bridgehead atoms. The van der Waals surface area contributed by atoms with E-state index in [1.54, 1.807) is 6.26 Å². The van der Waals surface area contributed by atoms with Crippen LogP contribution in [0.25, 0.3) is 0 Å². The number of ether oxygens (including phenoxy) is 1. The SMILES string of the molecule is c1coc(C2CCCN2Cc2cnc(N3CCOCC3)nc2)c1. The molecular weight excluding hydrogens is 292 g/mol. The molecule has 2 aliphatic heterocycles. The lowest BCUT2D eigenvalue weighted by atomic mass is 10.1. The fraction of sp³-hybridized carbons (Fsp3) is 0.529. The van der Waals surface area contributed by atoms with Crippen molar-refractivity contribution in [3.63, 3.8) is 0 Å². The van der Waals surface area contributed by atoms with Crippen molar-refractivity contribution in [2.75, 3.05) is 37.7 Å². The molecular formula is C17H22N4O2. The van der Waals surface area contributed by atoms with Crippen molar-refractivity contribution < 1.29 is 9.15 Å². The normalized spacial score (nSPS) is 22.6. The highest BCUT2D eigenvalue weighted by Crippen LogP contribution is 2.33. The fourth-order valence-electron chi connectivity index (χ4n) is 3.41. The molecule has 0 aliphatic carbocycles. The van der Waals surface area contributed by atoms with Crippen LogP contribution in [0, 0.1) is 0 Å². The molecule has 2 aromatic rings. The van der Waals surface area contributed by atoms with Crippen LogP contribution in [0.2, 0.25) is 0 Å². The predicted molar refractivity (Wildman–Crippen MR) is 86.2 cm³/mol. The van der Waals surface area contributed by atoms with E-state index in [0.29, 0.717) is 6.04 Å². The maximum atomic E-state index is 5.59. The quantitative estimate of drug-likeness (QED) is 0.863. The van der Waals surface area contributed by atoms with Crippen molar-refractivity contribution in [3.8, 4) is 0 Å². The largest absolute Gasteiger partial charge is 0.468 e. The number of anilines is 1. The Morgan fingerprint density at radius 3 is 2.70 bits per heavy atom. The number of nitrogens with zero attached hydrogens (tertiary/aromatic N) is 4. The molecule has 2 aromatic heterocycles. The highest BCUT2D eigenvalue weighted by atomic mass is 16.5. The molecule has 122 valence electrons. The van der Waals surface area contributed by atoms with Gasteiger partial charge in [0.25, 0.3) is 0 Å². The molecule has 4 rings (SSSR count). The van der Waals surface area contributed by atoms with Gasteiger partial charge in [0, 0.05) is 37.6 Å². The smallest absolute Gasteiger partial charge is 0.225 e. The van der Waals surface area contributed by atoms with Crippen LogP contribution in [0.4, 0.5) is 5.95 Å². The molecule has 6 nitrogen and oxygen atoms in total. The third-order valence-corrected chi connectivity index (χ3v) is 4.61. The monoisotopic (exact) mass is 314 g/mol. The van der Waals surface area contributed by atoms with Gasteiger partial charge < -0.3 is 14.1 Å². The summed E-state index contributed by atoms with van der Waals surface area (Å²) in [5, 5.41) is 0. The Bertz CT molecular complexity index is 608. The minimum Gasteiger partial charge on any atom is -0.468 e. The first-order valence-corrected chi connectivity index (χ1v) is 8.31. The van der Waals surface area contributed by atoms with E-state index in [4.69, 9.17) is 9.15 Å². The van der Waals surface area contributed by atoms with Crippen molar-refractivity contribution >= 4 is 5.95 Å². The first-order chi connectivity index (χ1) is 11.4. The van der Waals surface area contributed by atoms with E-state index in [2.05, 4.69) is 25.8 Å². The zero-order chi connectivity index (χ0) is 15.5. The third-order valence-electron chi connectivity index (χ3n) is 4.61. The van der Waals surface area contributed by atoms with Gasteiger partial charge in [0.2, 0.25) is 5.95 Å². The van der Waals surface area contributed by atoms with Gasteiger partial charge in [-0.25, -0.2) is 9.97 Å². The summed E-state index contributed by atoms with van der Waals surface area (Å²) in [6, 6.07) is 4.41. The van der Waals surface area contributed by atoms with Crippen molar-refractivity contribution in [1.29, 1.82) is 0 Å². The number of likely N-dealkylation sites (tertiary alicyclic amines) is 1. The van der Waals surface area contributed by atoms with Crippen LogP contribution in [0.3, 0.4) is 0 Å². The first-order valence-electron chi connectivity index (χ1n) is 8.31. The second kappa shape index (κ2) is 6.68. The standard InChI is InChI=1S/C17H22N4O2/c1-3-15(16-4-2-8-23-16)21(5-1)13-14-11-18-17(19-12-14)20-6-9-22-10-7-20/h2,4,8,11-12,15H,1,3,5-7,9-10,13H2. The van der Waals surface area contributed by atoms with Crippen LogP contribution >= 0.6 is 0 Å². The van der Waals surface area contributed by atoms with Crippen molar-refractivity contribution in [2.24, 2.45) is 0 Å². The van der Waals surface area contributed by atoms with E-state index in [0.717, 1.165) is 63.1 Å². The Morgan fingerprint density at radius 1 is 1.13 bits per heavy atom. The molecule has 0 spiro atoms. The summed E-state index contributed by atoms with van der Waals surface area (Å²) in [6.45, 7) is 5.21. The molecule has 23 heavy (non-hydrogen) atoms. The Morgan fingerprint density at radius 2 is 1.96 bits per heavy atom. The minimum absolute atomic E-state index is 0.379. The summed E-state index contributed by atoms with van der Waals surface area (Å²) in [5.41, 5.74) is 1.15. The summed E-state index contributed by atoms with van der Waals surface area (Å²) in [5.74, 6) is 1.87. The van der Waals surface area contributed by atoms with E-state index in [1.165, 1.54) is 6.42 Å². The summed E-state index contributed by atoms with van der Waals surface area (Å²) in [4.78, 5) is 13.7. The van der Waals surface area contributed by atoms with Crippen LogP contribution in [0.1, 0.15) is 30.2 Å². The highest BCUT2D eigenvalue weighted by molar-refractivity contribution is 5.30. The Kier molecular flexibility index (Phi) is 4.26. The van der Waals surface area contributed by atoms with Gasteiger partial charge in [-0.15, -0.1) is 0 Å². The van der Waals surface area contributed by atoms with E-state index < -0.39 is 0 Å². The van der Waals surface area contributed by atoms with Crippen LogP contribution < -0.4 is 4.90 Å². The number of furan rings is 1. The fourth-order valence-corrected chi connectivity index (χ4v) is 3.41. The summed E-state index contributed by atoms with van der Waals surface area (Å²) < 4.78 is 11.0. The number of rotatable bonds is 4. The first kappa shape index (κ1) is 14.7. The van der Waals surface area contributed by atoms with Crippen LogP contribution in [-0.2, 0) is 11.3 Å². The van der Waals surface area contributed by atoms with E-state index in [-0.39, 0.29) is 0 Å². The molecule has 0 N–H and O–H groups in total. The molecule has 1 unspecified atom stereocenters. The lowest BCUT2D eigenvalue weighted by molar-refractivity contribution is 0.122. The molecule has 0 saturated carbocycles. The lowest BCUT2D eigenvalue weighted by Gasteiger charge is -2.27. The van der Waals surface area contributed by atoms with Crippen LogP contribution in [0.5, 0.6) is 0 Å². The average Bonchev–Trinajstić information content (AvgIpc) is 3.27. The van der Waals surface area contributed by atoms with Gasteiger partial charge in [-0.1, -0.05) is 0 Å². The summed E-state index contributed by atoms with van der Waals surface area (Å²) >= 11 is 0. The number of hydrogen-bond acceptors (Lipinski definition) is 6. The average molecular weight is 314 g/mol. The van der Waals surface area contributed by atoms with E-state index in [9.17, 15) is 0 Å². The minimum atomic E-state index is 0.379. The molecule has 0 radical (unpaired) electrons. The van der Waals surface area contributed by atoms with Gasteiger partial charge in [-0.3, -0.25) is 4.90 Å². The van der Waals surface area contributed by atoms with E-state index in [1.807, 2.05) is 18.5 Å². The zero-order valence-electron chi connectivity index (χ0n) is 13.2. The summed E-state index contributed by atoms with van der Waals surface area (Å²) in [6.07, 6.45) is 8.02. The lowest BCUT2D eigenvalue weighted by Crippen LogP contribution is -2.37. The molecule has 2 aliphatic rings.